The smallest absolute Gasteiger partial charge is 0.0429 e. The number of anilines is 1. The third-order valence-electron chi connectivity index (χ3n) is 3.07. The van der Waals surface area contributed by atoms with Crippen LogP contribution in [0.15, 0.2) is 18.2 Å². The third-order valence-corrected chi connectivity index (χ3v) is 3.29. The fourth-order valence-electron chi connectivity index (χ4n) is 1.96. The minimum absolute atomic E-state index is 0.332. The molecule has 0 bridgehead atoms. The number of hydrogen-bond donors (Lipinski definition) is 1. The number of nitrogens with two attached hydrogens (primary N) is 1. The molecule has 1 saturated carbocycles. The summed E-state index contributed by atoms with van der Waals surface area (Å²) < 4.78 is 0. The molecule has 0 aliphatic heterocycles. The van der Waals surface area contributed by atoms with E-state index in [2.05, 4.69) is 6.92 Å². The molecule has 0 unspecified atom stereocenters. The van der Waals surface area contributed by atoms with Gasteiger partial charge in [0.15, 0.2) is 0 Å². The summed E-state index contributed by atoms with van der Waals surface area (Å²) >= 11 is 5.96. The van der Waals surface area contributed by atoms with Gasteiger partial charge in [-0.1, -0.05) is 24.9 Å². The lowest BCUT2D eigenvalue weighted by atomic mass is 9.66. The Bertz CT molecular complexity index is 309. The van der Waals surface area contributed by atoms with E-state index in [0.29, 0.717) is 5.41 Å². The van der Waals surface area contributed by atoms with Gasteiger partial charge in [0.1, 0.15) is 0 Å². The Morgan fingerprint density at radius 1 is 1.31 bits per heavy atom. The molecule has 0 spiro atoms. The molecule has 1 aliphatic carbocycles. The molecule has 0 saturated heterocycles. The van der Waals surface area contributed by atoms with Gasteiger partial charge in [-0.15, -0.1) is 0 Å². The Hall–Kier alpha value is -0.690. The zero-order chi connectivity index (χ0) is 9.47. The number of halogens is 1. The molecule has 2 N–H and O–H groups in total. The SMILES string of the molecule is CC1(c2cc(N)cc(Cl)c2)CCC1. The van der Waals surface area contributed by atoms with Crippen molar-refractivity contribution in [2.24, 2.45) is 0 Å². The topological polar surface area (TPSA) is 26.0 Å². The van der Waals surface area contributed by atoms with Gasteiger partial charge in [0.05, 0.1) is 0 Å². The molecule has 1 aliphatic rings. The van der Waals surface area contributed by atoms with Crippen LogP contribution in [-0.2, 0) is 5.41 Å². The second-order valence-electron chi connectivity index (χ2n) is 4.19. The number of rotatable bonds is 1. The van der Waals surface area contributed by atoms with Crippen molar-refractivity contribution in [3.63, 3.8) is 0 Å². The Labute approximate surface area is 83.9 Å². The van der Waals surface area contributed by atoms with E-state index in [4.69, 9.17) is 17.3 Å². The molecule has 13 heavy (non-hydrogen) atoms. The molecule has 0 heterocycles. The number of nitrogen functional groups attached to an aromatic ring is 1. The Kier molecular flexibility index (Phi) is 1.99. The molecule has 70 valence electrons. The van der Waals surface area contributed by atoms with E-state index >= 15 is 0 Å². The van der Waals surface area contributed by atoms with E-state index in [0.717, 1.165) is 10.7 Å². The van der Waals surface area contributed by atoms with Crippen molar-refractivity contribution in [1.29, 1.82) is 0 Å². The second-order valence-corrected chi connectivity index (χ2v) is 4.62. The first-order valence-corrected chi connectivity index (χ1v) is 5.04. The predicted octanol–water partition coefficient (Wildman–Crippen LogP) is 3.36. The summed E-state index contributed by atoms with van der Waals surface area (Å²) in [5.41, 5.74) is 8.15. The standard InChI is InChI=1S/C11H14ClN/c1-11(3-2-4-11)8-5-9(12)7-10(13)6-8/h5-7H,2-4,13H2,1H3. The fourth-order valence-corrected chi connectivity index (χ4v) is 2.20. The highest BCUT2D eigenvalue weighted by Gasteiger charge is 2.33. The van der Waals surface area contributed by atoms with E-state index in [1.807, 2.05) is 12.1 Å². The lowest BCUT2D eigenvalue weighted by molar-refractivity contribution is 0.272. The first kappa shape index (κ1) is 8.89. The van der Waals surface area contributed by atoms with Gasteiger partial charge in [-0.05, 0) is 42.0 Å². The molecule has 0 amide bonds. The zero-order valence-electron chi connectivity index (χ0n) is 7.81. The predicted molar refractivity (Wildman–Crippen MR) is 57.1 cm³/mol. The average Bonchev–Trinajstić information content (AvgIpc) is 1.98. The van der Waals surface area contributed by atoms with E-state index < -0.39 is 0 Å². The summed E-state index contributed by atoms with van der Waals surface area (Å²) in [5.74, 6) is 0. The maximum Gasteiger partial charge on any atom is 0.0429 e. The molecule has 0 radical (unpaired) electrons. The van der Waals surface area contributed by atoms with Gasteiger partial charge in [-0.3, -0.25) is 0 Å². The average molecular weight is 196 g/mol. The first-order chi connectivity index (χ1) is 6.10. The molecule has 1 nitrogen and oxygen atoms in total. The summed E-state index contributed by atoms with van der Waals surface area (Å²) in [4.78, 5) is 0. The largest absolute Gasteiger partial charge is 0.399 e. The lowest BCUT2D eigenvalue weighted by Crippen LogP contribution is -2.30. The Morgan fingerprint density at radius 2 is 2.00 bits per heavy atom. The van der Waals surface area contributed by atoms with Crippen molar-refractivity contribution < 1.29 is 0 Å². The molecule has 2 rings (SSSR count). The van der Waals surface area contributed by atoms with Crippen LogP contribution in [0, 0.1) is 0 Å². The molecule has 0 aromatic heterocycles. The van der Waals surface area contributed by atoms with Crippen LogP contribution in [0.5, 0.6) is 0 Å². The number of hydrogen-bond acceptors (Lipinski definition) is 1. The van der Waals surface area contributed by atoms with Crippen LogP contribution in [0.25, 0.3) is 0 Å². The van der Waals surface area contributed by atoms with Crippen LogP contribution in [0.1, 0.15) is 31.7 Å². The van der Waals surface area contributed by atoms with Gasteiger partial charge in [0, 0.05) is 10.7 Å². The highest BCUT2D eigenvalue weighted by molar-refractivity contribution is 6.30. The molecule has 1 aromatic rings. The van der Waals surface area contributed by atoms with E-state index in [-0.39, 0.29) is 0 Å². The second kappa shape index (κ2) is 2.91. The van der Waals surface area contributed by atoms with Crippen LogP contribution in [-0.4, -0.2) is 0 Å². The summed E-state index contributed by atoms with van der Waals surface area (Å²) in [7, 11) is 0. The van der Waals surface area contributed by atoms with Crippen LogP contribution >= 0.6 is 11.6 Å². The molecule has 2 heteroatoms. The van der Waals surface area contributed by atoms with Gasteiger partial charge in [-0.2, -0.15) is 0 Å². The zero-order valence-corrected chi connectivity index (χ0v) is 8.56. The minimum Gasteiger partial charge on any atom is -0.399 e. The van der Waals surface area contributed by atoms with Crippen molar-refractivity contribution in [3.8, 4) is 0 Å². The van der Waals surface area contributed by atoms with Crippen LogP contribution in [0.2, 0.25) is 5.02 Å². The lowest BCUT2D eigenvalue weighted by Gasteiger charge is -2.39. The molecule has 1 aromatic carbocycles. The first-order valence-electron chi connectivity index (χ1n) is 4.67. The molecular weight excluding hydrogens is 182 g/mol. The van der Waals surface area contributed by atoms with Crippen LogP contribution in [0.4, 0.5) is 5.69 Å². The van der Waals surface area contributed by atoms with Gasteiger partial charge < -0.3 is 5.73 Å². The summed E-state index contributed by atoms with van der Waals surface area (Å²) in [6, 6.07) is 5.88. The highest BCUT2D eigenvalue weighted by atomic mass is 35.5. The van der Waals surface area contributed by atoms with Crippen molar-refractivity contribution in [2.75, 3.05) is 5.73 Å². The van der Waals surface area contributed by atoms with Gasteiger partial charge >= 0.3 is 0 Å². The monoisotopic (exact) mass is 195 g/mol. The van der Waals surface area contributed by atoms with Crippen molar-refractivity contribution in [3.05, 3.63) is 28.8 Å². The van der Waals surface area contributed by atoms with Crippen molar-refractivity contribution in [2.45, 2.75) is 31.6 Å². The fraction of sp³-hybridized carbons (Fsp3) is 0.455. The van der Waals surface area contributed by atoms with Crippen LogP contribution < -0.4 is 5.73 Å². The quantitative estimate of drug-likeness (QED) is 0.684. The Balaban J connectivity index is 2.39. The molecule has 1 fully saturated rings. The summed E-state index contributed by atoms with van der Waals surface area (Å²) in [5, 5.41) is 0.753. The minimum atomic E-state index is 0.332. The summed E-state index contributed by atoms with van der Waals surface area (Å²) in [6.07, 6.45) is 3.84. The van der Waals surface area contributed by atoms with Crippen molar-refractivity contribution in [1.82, 2.24) is 0 Å². The maximum atomic E-state index is 5.96. The maximum absolute atomic E-state index is 5.96. The van der Waals surface area contributed by atoms with Gasteiger partial charge in [0.2, 0.25) is 0 Å². The molecule has 0 atom stereocenters. The normalized spacial score (nSPS) is 19.5. The number of benzene rings is 1. The third kappa shape index (κ3) is 1.53. The highest BCUT2D eigenvalue weighted by Crippen LogP contribution is 2.44. The summed E-state index contributed by atoms with van der Waals surface area (Å²) in [6.45, 7) is 2.28. The van der Waals surface area contributed by atoms with E-state index in [9.17, 15) is 0 Å². The van der Waals surface area contributed by atoms with Crippen LogP contribution in [0.3, 0.4) is 0 Å². The van der Waals surface area contributed by atoms with E-state index in [1.165, 1.54) is 24.8 Å². The molecular formula is C11H14ClN. The Morgan fingerprint density at radius 3 is 2.46 bits per heavy atom. The van der Waals surface area contributed by atoms with Crippen molar-refractivity contribution >= 4 is 17.3 Å². The van der Waals surface area contributed by atoms with E-state index in [1.54, 1.807) is 6.07 Å². The van der Waals surface area contributed by atoms with Gasteiger partial charge in [-0.25, -0.2) is 0 Å². The van der Waals surface area contributed by atoms with Gasteiger partial charge in [0.25, 0.3) is 0 Å².